The molecule has 1 saturated heterocycles. The van der Waals surface area contributed by atoms with Crippen molar-refractivity contribution in [3.63, 3.8) is 0 Å². The monoisotopic (exact) mass is 277 g/mol. The van der Waals surface area contributed by atoms with Crippen LogP contribution in [0.3, 0.4) is 0 Å². The van der Waals surface area contributed by atoms with E-state index in [4.69, 9.17) is 15.7 Å². The van der Waals surface area contributed by atoms with Crippen LogP contribution < -0.4 is 5.73 Å². The molecular weight excluding hydrogens is 258 g/mol. The standard InChI is InChI=1S/C13H19N5O2/c14-5-2-1-3-6-18-13(10-4-7-20-9-10)11(16-17-18)8-12(15)19/h10H,1-4,6-9H2,(H2,15,19). The summed E-state index contributed by atoms with van der Waals surface area (Å²) in [4.78, 5) is 11.1. The van der Waals surface area contributed by atoms with Gasteiger partial charge in [-0.3, -0.25) is 4.79 Å². The van der Waals surface area contributed by atoms with E-state index in [0.29, 0.717) is 25.3 Å². The zero-order valence-corrected chi connectivity index (χ0v) is 11.4. The molecule has 1 fully saturated rings. The van der Waals surface area contributed by atoms with Crippen LogP contribution >= 0.6 is 0 Å². The van der Waals surface area contributed by atoms with Gasteiger partial charge in [0.05, 0.1) is 30.5 Å². The highest BCUT2D eigenvalue weighted by Crippen LogP contribution is 2.27. The Hall–Kier alpha value is -1.94. The van der Waals surface area contributed by atoms with Gasteiger partial charge in [0.1, 0.15) is 0 Å². The first-order chi connectivity index (χ1) is 9.72. The molecule has 2 rings (SSSR count). The molecule has 1 unspecified atom stereocenters. The number of nitrogens with zero attached hydrogens (tertiary/aromatic N) is 4. The first-order valence-corrected chi connectivity index (χ1v) is 6.87. The molecule has 1 aromatic rings. The number of amides is 1. The average Bonchev–Trinajstić information content (AvgIpc) is 3.03. The molecule has 0 saturated carbocycles. The van der Waals surface area contributed by atoms with Gasteiger partial charge < -0.3 is 10.5 Å². The number of primary amides is 1. The van der Waals surface area contributed by atoms with Crippen molar-refractivity contribution < 1.29 is 9.53 Å². The zero-order chi connectivity index (χ0) is 14.4. The number of ether oxygens (including phenoxy) is 1. The summed E-state index contributed by atoms with van der Waals surface area (Å²) >= 11 is 0. The van der Waals surface area contributed by atoms with Crippen LogP contribution in [-0.4, -0.2) is 34.1 Å². The molecule has 0 spiro atoms. The molecule has 0 radical (unpaired) electrons. The third kappa shape index (κ3) is 3.54. The number of aryl methyl sites for hydroxylation is 1. The molecule has 7 heteroatoms. The second kappa shape index (κ2) is 7.01. The maximum atomic E-state index is 11.1. The number of nitrogens with two attached hydrogens (primary N) is 1. The van der Waals surface area contributed by atoms with Crippen molar-refractivity contribution in [2.45, 2.75) is 44.6 Å². The van der Waals surface area contributed by atoms with E-state index in [1.807, 2.05) is 4.68 Å². The van der Waals surface area contributed by atoms with Gasteiger partial charge in [-0.15, -0.1) is 5.10 Å². The summed E-state index contributed by atoms with van der Waals surface area (Å²) < 4.78 is 7.25. The van der Waals surface area contributed by atoms with Crippen molar-refractivity contribution in [3.8, 4) is 6.07 Å². The lowest BCUT2D eigenvalue weighted by atomic mass is 10.0. The Kier molecular flexibility index (Phi) is 5.07. The van der Waals surface area contributed by atoms with Crippen LogP contribution in [0.15, 0.2) is 0 Å². The lowest BCUT2D eigenvalue weighted by Crippen LogP contribution is -2.17. The molecule has 2 N–H and O–H groups in total. The average molecular weight is 277 g/mol. The summed E-state index contributed by atoms with van der Waals surface area (Å²) in [6.45, 7) is 2.07. The van der Waals surface area contributed by atoms with Gasteiger partial charge in [-0.2, -0.15) is 5.26 Å². The van der Waals surface area contributed by atoms with E-state index in [1.54, 1.807) is 0 Å². The minimum atomic E-state index is -0.401. The van der Waals surface area contributed by atoms with Crippen molar-refractivity contribution >= 4 is 5.91 Å². The Morgan fingerprint density at radius 3 is 3.05 bits per heavy atom. The number of hydrogen-bond acceptors (Lipinski definition) is 5. The number of rotatable bonds is 7. The summed E-state index contributed by atoms with van der Waals surface area (Å²) in [7, 11) is 0. The van der Waals surface area contributed by atoms with Crippen molar-refractivity contribution in [3.05, 3.63) is 11.4 Å². The highest BCUT2D eigenvalue weighted by atomic mass is 16.5. The second-order valence-corrected chi connectivity index (χ2v) is 4.96. The van der Waals surface area contributed by atoms with E-state index in [-0.39, 0.29) is 12.3 Å². The maximum absolute atomic E-state index is 11.1. The Morgan fingerprint density at radius 2 is 2.40 bits per heavy atom. The largest absolute Gasteiger partial charge is 0.381 e. The van der Waals surface area contributed by atoms with Gasteiger partial charge in [-0.1, -0.05) is 5.21 Å². The third-order valence-corrected chi connectivity index (χ3v) is 3.41. The fraction of sp³-hybridized carbons (Fsp3) is 0.692. The van der Waals surface area contributed by atoms with E-state index in [0.717, 1.165) is 31.6 Å². The van der Waals surface area contributed by atoms with Crippen LogP contribution in [0.5, 0.6) is 0 Å². The van der Waals surface area contributed by atoms with Crippen LogP contribution in [0.4, 0.5) is 0 Å². The quantitative estimate of drug-likeness (QED) is 0.730. The molecule has 1 aliphatic heterocycles. The fourth-order valence-corrected chi connectivity index (χ4v) is 2.47. The van der Waals surface area contributed by atoms with E-state index in [2.05, 4.69) is 16.4 Å². The lowest BCUT2D eigenvalue weighted by Gasteiger charge is -2.12. The zero-order valence-electron chi connectivity index (χ0n) is 11.4. The molecule has 1 amide bonds. The molecule has 0 aliphatic carbocycles. The highest BCUT2D eigenvalue weighted by Gasteiger charge is 2.26. The molecule has 20 heavy (non-hydrogen) atoms. The van der Waals surface area contributed by atoms with Gasteiger partial charge in [0.2, 0.25) is 5.91 Å². The van der Waals surface area contributed by atoms with Crippen molar-refractivity contribution in [2.24, 2.45) is 5.73 Å². The first kappa shape index (κ1) is 14.5. The second-order valence-electron chi connectivity index (χ2n) is 4.96. The Labute approximate surface area is 117 Å². The Morgan fingerprint density at radius 1 is 1.55 bits per heavy atom. The van der Waals surface area contributed by atoms with E-state index < -0.39 is 5.91 Å². The van der Waals surface area contributed by atoms with Crippen molar-refractivity contribution in [2.75, 3.05) is 13.2 Å². The minimum Gasteiger partial charge on any atom is -0.381 e. The van der Waals surface area contributed by atoms with Crippen molar-refractivity contribution in [1.29, 1.82) is 5.26 Å². The summed E-state index contributed by atoms with van der Waals surface area (Å²) in [6, 6.07) is 2.13. The van der Waals surface area contributed by atoms with E-state index >= 15 is 0 Å². The minimum absolute atomic E-state index is 0.115. The van der Waals surface area contributed by atoms with Gasteiger partial charge in [0.15, 0.2) is 0 Å². The molecule has 1 aromatic heterocycles. The summed E-state index contributed by atoms with van der Waals surface area (Å²) in [5.41, 5.74) is 6.89. The van der Waals surface area contributed by atoms with E-state index in [1.165, 1.54) is 0 Å². The number of aromatic nitrogens is 3. The predicted octanol–water partition coefficient (Wildman–Crippen LogP) is 0.504. The Bertz CT molecular complexity index is 499. The van der Waals surface area contributed by atoms with E-state index in [9.17, 15) is 4.79 Å². The van der Waals surface area contributed by atoms with Crippen LogP contribution in [0.2, 0.25) is 0 Å². The van der Waals surface area contributed by atoms with Gasteiger partial charge in [-0.25, -0.2) is 4.68 Å². The SMILES string of the molecule is N#CCCCCn1nnc(CC(N)=O)c1C1CCOC1. The topological polar surface area (TPSA) is 107 Å². The predicted molar refractivity (Wildman–Crippen MR) is 70.6 cm³/mol. The van der Waals surface area contributed by atoms with Crippen LogP contribution in [0.1, 0.15) is 43.0 Å². The number of carbonyl (C=O) groups is 1. The maximum Gasteiger partial charge on any atom is 0.223 e. The number of hydrogen-bond donors (Lipinski definition) is 1. The number of nitriles is 1. The number of carbonyl (C=O) groups excluding carboxylic acids is 1. The molecule has 108 valence electrons. The molecule has 0 aromatic carbocycles. The van der Waals surface area contributed by atoms with Gasteiger partial charge in [0.25, 0.3) is 0 Å². The first-order valence-electron chi connectivity index (χ1n) is 6.87. The lowest BCUT2D eigenvalue weighted by molar-refractivity contribution is -0.117. The fourth-order valence-electron chi connectivity index (χ4n) is 2.47. The van der Waals surface area contributed by atoms with Crippen molar-refractivity contribution in [1.82, 2.24) is 15.0 Å². The highest BCUT2D eigenvalue weighted by molar-refractivity contribution is 5.76. The van der Waals surface area contributed by atoms with Crippen LogP contribution in [0, 0.1) is 11.3 Å². The van der Waals surface area contributed by atoms with Crippen LogP contribution in [-0.2, 0) is 22.5 Å². The summed E-state index contributed by atoms with van der Waals surface area (Å²) in [5.74, 6) is -0.169. The molecule has 1 atom stereocenters. The molecule has 0 bridgehead atoms. The normalized spacial score (nSPS) is 18.1. The molecular formula is C13H19N5O2. The molecule has 1 aliphatic rings. The Balaban J connectivity index is 2.11. The van der Waals surface area contributed by atoms with Crippen LogP contribution in [0.25, 0.3) is 0 Å². The molecule has 7 nitrogen and oxygen atoms in total. The van der Waals surface area contributed by atoms with Gasteiger partial charge in [0, 0.05) is 25.5 Å². The number of unbranched alkanes of at least 4 members (excludes halogenated alkanes) is 2. The molecule has 2 heterocycles. The van der Waals surface area contributed by atoms with Gasteiger partial charge >= 0.3 is 0 Å². The third-order valence-electron chi connectivity index (χ3n) is 3.41. The summed E-state index contributed by atoms with van der Waals surface area (Å²) in [6.07, 6.45) is 3.28. The smallest absolute Gasteiger partial charge is 0.223 e. The summed E-state index contributed by atoms with van der Waals surface area (Å²) in [5, 5.41) is 16.8. The van der Waals surface area contributed by atoms with Gasteiger partial charge in [-0.05, 0) is 19.3 Å².